The molecule has 7 aromatic carbocycles. The lowest BCUT2D eigenvalue weighted by atomic mass is 9.82. The molecule has 4 amide bonds. The highest BCUT2D eigenvalue weighted by molar-refractivity contribution is 6.45. The van der Waals surface area contributed by atoms with Gasteiger partial charge in [0.2, 0.25) is 0 Å². The average Bonchev–Trinajstić information content (AvgIpc) is 3.10. The molecule has 0 spiro atoms. The van der Waals surface area contributed by atoms with Gasteiger partial charge in [-0.15, -0.1) is 0 Å². The van der Waals surface area contributed by atoms with Gasteiger partial charge in [-0.2, -0.15) is 0 Å². The van der Waals surface area contributed by atoms with E-state index in [0.29, 0.717) is 44.4 Å². The number of benzene rings is 7. The molecule has 0 atom stereocenters. The molecule has 2 aliphatic rings. The molecule has 0 radical (unpaired) electrons. The Bertz CT molecular complexity index is 2250. The fraction of sp³-hybridized carbons (Fsp3) is 0.143. The molecule has 2 aliphatic heterocycles. The van der Waals surface area contributed by atoms with Crippen LogP contribution in [0.4, 0.5) is 11.4 Å². The third kappa shape index (κ3) is 3.74. The predicted molar refractivity (Wildman–Crippen MR) is 191 cm³/mol. The third-order valence-electron chi connectivity index (χ3n) is 10.1. The average molecular weight is 627 g/mol. The Balaban J connectivity index is 1.23. The molecular formula is C42H30N2O4. The maximum absolute atomic E-state index is 14.0. The standard InChI is InChI=1S/C42H30N2O4/c1-3-5-23-7-11-25(12-8-23)43-39(45)31-19-15-27-29-17-21-33-38-34(42(48)44(41(33)47)26-13-9-24(6-4-2)10-14-26)22-18-30(36(29)38)28-16-20-32(40(43)46)37(31)35(27)28/h7-22H,3-6H2,1-2H3. The Labute approximate surface area is 276 Å². The van der Waals surface area contributed by atoms with E-state index in [2.05, 4.69) is 13.8 Å². The van der Waals surface area contributed by atoms with Crippen LogP contribution in [0.5, 0.6) is 0 Å². The van der Waals surface area contributed by atoms with Crippen molar-refractivity contribution in [3.05, 3.63) is 130 Å². The van der Waals surface area contributed by atoms with Crippen molar-refractivity contribution in [3.8, 4) is 0 Å². The van der Waals surface area contributed by atoms with Crippen LogP contribution in [-0.2, 0) is 12.8 Å². The lowest BCUT2D eigenvalue weighted by Crippen LogP contribution is -2.40. The van der Waals surface area contributed by atoms with Crippen molar-refractivity contribution in [1.29, 1.82) is 0 Å². The smallest absolute Gasteiger partial charge is 0.265 e. The van der Waals surface area contributed by atoms with Crippen molar-refractivity contribution >= 4 is 78.1 Å². The largest absolute Gasteiger partial charge is 0.268 e. The molecular weight excluding hydrogens is 596 g/mol. The van der Waals surface area contributed by atoms with E-state index in [0.717, 1.165) is 69.1 Å². The minimum Gasteiger partial charge on any atom is -0.268 e. The normalized spacial score (nSPS) is 14.5. The van der Waals surface area contributed by atoms with Crippen molar-refractivity contribution < 1.29 is 19.2 Å². The first kappa shape index (κ1) is 28.4. The maximum Gasteiger partial charge on any atom is 0.265 e. The second kappa shape index (κ2) is 10.3. The van der Waals surface area contributed by atoms with E-state index >= 15 is 0 Å². The van der Waals surface area contributed by atoms with Gasteiger partial charge in [-0.05, 0) is 105 Å². The molecule has 0 fully saturated rings. The van der Waals surface area contributed by atoms with Crippen LogP contribution in [0.3, 0.4) is 0 Å². The predicted octanol–water partition coefficient (Wildman–Crippen LogP) is 9.24. The molecule has 48 heavy (non-hydrogen) atoms. The quantitative estimate of drug-likeness (QED) is 0.105. The zero-order valence-electron chi connectivity index (χ0n) is 26.6. The summed E-state index contributed by atoms with van der Waals surface area (Å²) in [5.41, 5.74) is 5.32. The van der Waals surface area contributed by atoms with E-state index in [1.165, 1.54) is 9.80 Å². The lowest BCUT2D eigenvalue weighted by molar-refractivity contribution is 0.0877. The van der Waals surface area contributed by atoms with Crippen LogP contribution >= 0.6 is 0 Å². The number of anilines is 2. The van der Waals surface area contributed by atoms with Crippen molar-refractivity contribution in [2.45, 2.75) is 39.5 Å². The van der Waals surface area contributed by atoms with Gasteiger partial charge in [0, 0.05) is 33.0 Å². The number of carbonyl (C=O) groups excluding carboxylic acids is 4. The van der Waals surface area contributed by atoms with Crippen LogP contribution < -0.4 is 9.80 Å². The minimum absolute atomic E-state index is 0.352. The van der Waals surface area contributed by atoms with Gasteiger partial charge in [0.25, 0.3) is 23.6 Å². The van der Waals surface area contributed by atoms with Gasteiger partial charge in [-0.1, -0.05) is 75.2 Å². The summed E-state index contributed by atoms with van der Waals surface area (Å²) >= 11 is 0. The van der Waals surface area contributed by atoms with E-state index in [1.54, 1.807) is 24.3 Å². The SMILES string of the molecule is CCCc1ccc(N2C(=O)c3ccc4c5ccc6c7c(ccc(c8ccc(c3c48)C2=O)c75)C(=O)N(c2ccc(CCC)cc2)C6=O)cc1. The van der Waals surface area contributed by atoms with E-state index in [9.17, 15) is 19.2 Å². The fourth-order valence-corrected chi connectivity index (χ4v) is 7.94. The zero-order chi connectivity index (χ0) is 32.8. The number of nitrogens with zero attached hydrogens (tertiary/aromatic N) is 2. The summed E-state index contributed by atoms with van der Waals surface area (Å²) in [7, 11) is 0. The van der Waals surface area contributed by atoms with Crippen LogP contribution in [0, 0.1) is 0 Å². The lowest BCUT2D eigenvalue weighted by Gasteiger charge is -2.30. The van der Waals surface area contributed by atoms with Gasteiger partial charge in [-0.3, -0.25) is 19.2 Å². The second-order valence-corrected chi connectivity index (χ2v) is 12.9. The highest BCUT2D eigenvalue weighted by Gasteiger charge is 2.38. The fourth-order valence-electron chi connectivity index (χ4n) is 7.94. The number of rotatable bonds is 6. The van der Waals surface area contributed by atoms with Crippen LogP contribution in [0.15, 0.2) is 97.1 Å². The number of aryl methyl sites for hydroxylation is 2. The number of fused-ring (bicyclic) bond motifs is 2. The molecule has 0 saturated carbocycles. The summed E-state index contributed by atoms with van der Waals surface area (Å²) in [5, 5.41) is 6.43. The Morgan fingerprint density at radius 3 is 0.938 bits per heavy atom. The topological polar surface area (TPSA) is 74.8 Å². The van der Waals surface area contributed by atoms with Crippen molar-refractivity contribution in [3.63, 3.8) is 0 Å². The summed E-state index contributed by atoms with van der Waals surface area (Å²) < 4.78 is 0. The number of hydrogen-bond donors (Lipinski definition) is 0. The molecule has 0 aromatic heterocycles. The Hall–Kier alpha value is -5.88. The molecule has 0 bridgehead atoms. The number of imide groups is 2. The highest BCUT2D eigenvalue weighted by atomic mass is 16.2. The molecule has 6 heteroatoms. The second-order valence-electron chi connectivity index (χ2n) is 12.9. The number of amides is 4. The summed E-state index contributed by atoms with van der Waals surface area (Å²) in [5.74, 6) is -1.41. The monoisotopic (exact) mass is 626 g/mol. The van der Waals surface area contributed by atoms with Gasteiger partial charge in [-0.25, -0.2) is 9.80 Å². The van der Waals surface area contributed by atoms with Gasteiger partial charge in [0.1, 0.15) is 0 Å². The minimum atomic E-state index is -0.352. The molecule has 0 unspecified atom stereocenters. The van der Waals surface area contributed by atoms with Crippen molar-refractivity contribution in [1.82, 2.24) is 0 Å². The molecule has 9 rings (SSSR count). The summed E-state index contributed by atoms with van der Waals surface area (Å²) in [6.45, 7) is 4.24. The summed E-state index contributed by atoms with van der Waals surface area (Å²) in [4.78, 5) is 58.6. The van der Waals surface area contributed by atoms with E-state index < -0.39 is 0 Å². The van der Waals surface area contributed by atoms with Crippen LogP contribution in [0.25, 0.3) is 43.1 Å². The maximum atomic E-state index is 14.0. The summed E-state index contributed by atoms with van der Waals surface area (Å²) in [6, 6.07) is 30.2. The molecule has 2 heterocycles. The third-order valence-corrected chi connectivity index (χ3v) is 10.1. The molecule has 0 saturated heterocycles. The van der Waals surface area contributed by atoms with Crippen LogP contribution in [0.2, 0.25) is 0 Å². The van der Waals surface area contributed by atoms with Crippen LogP contribution in [0.1, 0.15) is 79.2 Å². The van der Waals surface area contributed by atoms with Crippen molar-refractivity contribution in [2.24, 2.45) is 0 Å². The van der Waals surface area contributed by atoms with E-state index in [1.807, 2.05) is 72.8 Å². The molecule has 0 N–H and O–H groups in total. The Morgan fingerprint density at radius 1 is 0.375 bits per heavy atom. The number of carbonyl (C=O) groups is 4. The molecule has 7 aromatic rings. The number of hydrogen-bond acceptors (Lipinski definition) is 4. The summed E-state index contributed by atoms with van der Waals surface area (Å²) in [6.07, 6.45) is 3.89. The van der Waals surface area contributed by atoms with Crippen molar-refractivity contribution in [2.75, 3.05) is 9.80 Å². The first-order chi connectivity index (χ1) is 23.4. The first-order valence-electron chi connectivity index (χ1n) is 16.6. The van der Waals surface area contributed by atoms with Gasteiger partial charge in [0.05, 0.1) is 11.4 Å². The van der Waals surface area contributed by atoms with E-state index in [4.69, 9.17) is 0 Å². The van der Waals surface area contributed by atoms with E-state index in [-0.39, 0.29) is 23.6 Å². The first-order valence-corrected chi connectivity index (χ1v) is 16.6. The van der Waals surface area contributed by atoms with Gasteiger partial charge >= 0.3 is 0 Å². The van der Waals surface area contributed by atoms with Gasteiger partial charge in [0.15, 0.2) is 0 Å². The molecule has 6 nitrogen and oxygen atoms in total. The highest BCUT2D eigenvalue weighted by Crippen LogP contribution is 2.47. The van der Waals surface area contributed by atoms with Gasteiger partial charge < -0.3 is 0 Å². The Morgan fingerprint density at radius 2 is 0.667 bits per heavy atom. The molecule has 0 aliphatic carbocycles. The molecule has 232 valence electrons. The zero-order valence-corrected chi connectivity index (χ0v) is 26.6. The van der Waals surface area contributed by atoms with Crippen LogP contribution in [-0.4, -0.2) is 23.6 Å². The Kier molecular flexibility index (Phi) is 6.09.